The van der Waals surface area contributed by atoms with E-state index in [0.29, 0.717) is 12.3 Å². The molecule has 0 aliphatic rings. The first-order valence-corrected chi connectivity index (χ1v) is 13.5. The lowest BCUT2D eigenvalue weighted by molar-refractivity contribution is 0.0523. The highest BCUT2D eigenvalue weighted by Crippen LogP contribution is 2.37. The van der Waals surface area contributed by atoms with Crippen molar-refractivity contribution in [2.24, 2.45) is 5.92 Å². The number of esters is 1. The normalized spacial score (nSPS) is 13.7. The molecule has 0 spiro atoms. The minimum absolute atomic E-state index is 0.0496. The molecule has 0 aliphatic heterocycles. The predicted molar refractivity (Wildman–Crippen MR) is 122 cm³/mol. The monoisotopic (exact) mass is 453 g/mol. The fourth-order valence-corrected chi connectivity index (χ4v) is 4.00. The van der Waals surface area contributed by atoms with E-state index in [-0.39, 0.29) is 39.7 Å². The zero-order valence-electron chi connectivity index (χ0n) is 19.1. The number of carbonyl (C=O) groups is 1. The Morgan fingerprint density at radius 1 is 1.27 bits per heavy atom. The van der Waals surface area contributed by atoms with Gasteiger partial charge in [-0.15, -0.1) is 10.2 Å². The smallest absolute Gasteiger partial charge is 0.343 e. The second-order valence-corrected chi connectivity index (χ2v) is 14.5. The maximum Gasteiger partial charge on any atom is 0.343 e. The summed E-state index contributed by atoms with van der Waals surface area (Å²) in [5, 5.41) is 8.47. The maximum atomic E-state index is 12.9. The average molecular weight is 454 g/mol. The van der Waals surface area contributed by atoms with Crippen LogP contribution in [-0.4, -0.2) is 42.3 Å². The van der Waals surface area contributed by atoms with E-state index < -0.39 is 19.7 Å². The van der Waals surface area contributed by atoms with Gasteiger partial charge in [0.2, 0.25) is 5.43 Å². The lowest BCUT2D eigenvalue weighted by Crippen LogP contribution is -2.42. The van der Waals surface area contributed by atoms with Crippen molar-refractivity contribution in [3.8, 4) is 0 Å². The Labute approximate surface area is 183 Å². The molecule has 2 aromatic rings. The Morgan fingerprint density at radius 3 is 2.43 bits per heavy atom. The molecule has 166 valence electrons. The van der Waals surface area contributed by atoms with E-state index in [4.69, 9.17) is 20.8 Å². The number of carbonyl (C=O) groups excluding carboxylic acids is 1. The minimum atomic E-state index is -2.01. The van der Waals surface area contributed by atoms with Gasteiger partial charge in [0.1, 0.15) is 5.56 Å². The van der Waals surface area contributed by atoms with E-state index in [1.165, 1.54) is 12.3 Å². The second kappa shape index (κ2) is 9.16. The van der Waals surface area contributed by atoms with Crippen LogP contribution in [0, 0.1) is 5.92 Å². The Hall–Kier alpha value is -1.77. The van der Waals surface area contributed by atoms with Crippen LogP contribution in [-0.2, 0) is 9.16 Å². The Kier molecular flexibility index (Phi) is 7.48. The third-order valence-electron chi connectivity index (χ3n) is 5.79. The van der Waals surface area contributed by atoms with Gasteiger partial charge in [0.15, 0.2) is 19.1 Å². The van der Waals surface area contributed by atoms with E-state index in [1.54, 1.807) is 6.92 Å². The summed E-state index contributed by atoms with van der Waals surface area (Å²) in [5.74, 6) is -0.521. The van der Waals surface area contributed by atoms with Crippen molar-refractivity contribution in [1.29, 1.82) is 0 Å². The van der Waals surface area contributed by atoms with Crippen molar-refractivity contribution < 1.29 is 14.0 Å². The van der Waals surface area contributed by atoms with Crippen molar-refractivity contribution in [3.63, 3.8) is 0 Å². The number of rotatable bonds is 7. The highest BCUT2D eigenvalue weighted by atomic mass is 35.5. The van der Waals surface area contributed by atoms with Gasteiger partial charge in [-0.3, -0.25) is 4.79 Å². The number of fused-ring (bicyclic) bond motifs is 1. The zero-order valence-corrected chi connectivity index (χ0v) is 20.8. The van der Waals surface area contributed by atoms with Crippen LogP contribution in [0.2, 0.25) is 23.3 Å². The lowest BCUT2D eigenvalue weighted by atomic mass is 10.0. The van der Waals surface area contributed by atoms with Crippen LogP contribution >= 0.6 is 11.6 Å². The molecule has 2 rings (SSSR count). The highest BCUT2D eigenvalue weighted by Gasteiger charge is 2.38. The Morgan fingerprint density at radius 2 is 1.90 bits per heavy atom. The van der Waals surface area contributed by atoms with Crippen molar-refractivity contribution in [1.82, 2.24) is 14.8 Å². The molecule has 0 saturated carbocycles. The predicted octanol–water partition coefficient (Wildman–Crippen LogP) is 4.84. The summed E-state index contributed by atoms with van der Waals surface area (Å²) in [6, 6.07) is 1.28. The maximum absolute atomic E-state index is 12.9. The zero-order chi connectivity index (χ0) is 22.9. The van der Waals surface area contributed by atoms with Crippen LogP contribution in [0.1, 0.15) is 57.9 Å². The number of pyridine rings is 1. The Balaban J connectivity index is 2.64. The van der Waals surface area contributed by atoms with Gasteiger partial charge in [-0.2, -0.15) is 0 Å². The average Bonchev–Trinajstić information content (AvgIpc) is 2.62. The molecular formula is C21H32ClN3O4Si. The van der Waals surface area contributed by atoms with Crippen molar-refractivity contribution >= 4 is 36.9 Å². The molecule has 1 atom stereocenters. The Bertz CT molecular complexity index is 983. The summed E-state index contributed by atoms with van der Waals surface area (Å²) in [4.78, 5) is 25.4. The van der Waals surface area contributed by atoms with Crippen LogP contribution < -0.4 is 5.43 Å². The van der Waals surface area contributed by atoms with Gasteiger partial charge in [-0.05, 0) is 37.0 Å². The minimum Gasteiger partial charge on any atom is -0.462 e. The first-order valence-electron chi connectivity index (χ1n) is 10.2. The van der Waals surface area contributed by atoms with E-state index in [1.807, 2.05) is 4.57 Å². The first kappa shape index (κ1) is 24.5. The third kappa shape index (κ3) is 5.10. The number of ether oxygens (including phenoxy) is 1. The molecule has 9 heteroatoms. The fraction of sp³-hybridized carbons (Fsp3) is 0.619. The third-order valence-corrected chi connectivity index (χ3v) is 10.5. The summed E-state index contributed by atoms with van der Waals surface area (Å²) in [6.07, 6.45) is 1.52. The van der Waals surface area contributed by atoms with Gasteiger partial charge in [-0.25, -0.2) is 4.79 Å². The van der Waals surface area contributed by atoms with E-state index >= 15 is 0 Å². The van der Waals surface area contributed by atoms with Crippen molar-refractivity contribution in [2.75, 3.05) is 13.2 Å². The van der Waals surface area contributed by atoms with Crippen LogP contribution in [0.5, 0.6) is 0 Å². The van der Waals surface area contributed by atoms with Gasteiger partial charge in [0.05, 0.1) is 24.6 Å². The molecule has 0 saturated heterocycles. The molecular weight excluding hydrogens is 422 g/mol. The standard InChI is InChI=1S/C21H32ClN3O4Si/c1-9-28-20(27)15-11-25(19-14(18(15)26)10-17(22)23-24-19)16(13(2)3)12-29-30(7,8)21(4,5)6/h10-11,13,16H,9,12H2,1-8H3/t16-/m1/s1. The highest BCUT2D eigenvalue weighted by molar-refractivity contribution is 6.74. The SMILES string of the molecule is CCOC(=O)c1cn([C@H](CO[Si](C)(C)C(C)(C)C)C(C)C)c2nnc(Cl)cc2c1=O. The molecule has 0 aliphatic carbocycles. The first-order chi connectivity index (χ1) is 13.8. The molecule has 2 aromatic heterocycles. The summed E-state index contributed by atoms with van der Waals surface area (Å²) in [6.45, 7) is 17.4. The number of aromatic nitrogens is 3. The lowest BCUT2D eigenvalue weighted by Gasteiger charge is -2.38. The number of hydrogen-bond acceptors (Lipinski definition) is 6. The van der Waals surface area contributed by atoms with Crippen molar-refractivity contribution in [3.05, 3.63) is 33.2 Å². The van der Waals surface area contributed by atoms with Crippen molar-refractivity contribution in [2.45, 2.75) is 65.7 Å². The molecule has 30 heavy (non-hydrogen) atoms. The van der Waals surface area contributed by atoms with Gasteiger partial charge in [0.25, 0.3) is 0 Å². The molecule has 0 radical (unpaired) electrons. The molecule has 0 fully saturated rings. The second-order valence-electron chi connectivity index (χ2n) is 9.29. The molecule has 0 aromatic carbocycles. The molecule has 7 nitrogen and oxygen atoms in total. The number of halogens is 1. The molecule has 0 bridgehead atoms. The summed E-state index contributed by atoms with van der Waals surface area (Å²) >= 11 is 5.99. The topological polar surface area (TPSA) is 83.3 Å². The van der Waals surface area contributed by atoms with Gasteiger partial charge in [0, 0.05) is 6.20 Å². The van der Waals surface area contributed by atoms with Crippen LogP contribution in [0.4, 0.5) is 0 Å². The molecule has 0 N–H and O–H groups in total. The van der Waals surface area contributed by atoms with Gasteiger partial charge in [-0.1, -0.05) is 46.2 Å². The largest absolute Gasteiger partial charge is 0.462 e. The van der Waals surface area contributed by atoms with Crippen LogP contribution in [0.3, 0.4) is 0 Å². The number of nitrogens with zero attached hydrogens (tertiary/aromatic N) is 3. The summed E-state index contributed by atoms with van der Waals surface area (Å²) in [5.41, 5.74) is -0.148. The van der Waals surface area contributed by atoms with Crippen LogP contribution in [0.15, 0.2) is 17.1 Å². The quantitative estimate of drug-likeness (QED) is 0.440. The van der Waals surface area contributed by atoms with E-state index in [9.17, 15) is 9.59 Å². The molecule has 0 unspecified atom stereocenters. The van der Waals surface area contributed by atoms with E-state index in [0.717, 1.165) is 0 Å². The molecule has 0 amide bonds. The fourth-order valence-electron chi connectivity index (χ4n) is 2.83. The van der Waals surface area contributed by atoms with Gasteiger partial charge >= 0.3 is 5.97 Å². The molecule has 2 heterocycles. The number of hydrogen-bond donors (Lipinski definition) is 0. The van der Waals surface area contributed by atoms with E-state index in [2.05, 4.69) is 57.9 Å². The van der Waals surface area contributed by atoms with Crippen LogP contribution in [0.25, 0.3) is 11.0 Å². The summed E-state index contributed by atoms with van der Waals surface area (Å²) < 4.78 is 13.4. The van der Waals surface area contributed by atoms with Gasteiger partial charge < -0.3 is 13.7 Å². The summed E-state index contributed by atoms with van der Waals surface area (Å²) in [7, 11) is -2.01.